The highest BCUT2D eigenvalue weighted by atomic mass is 19.3. The van der Waals surface area contributed by atoms with Gasteiger partial charge in [-0.3, -0.25) is 0 Å². The molecule has 2 aromatic rings. The molecular formula is C13H13F2N3O2. The van der Waals surface area contributed by atoms with Gasteiger partial charge in [0, 0.05) is 18.2 Å². The van der Waals surface area contributed by atoms with Crippen LogP contribution in [0.5, 0.6) is 0 Å². The summed E-state index contributed by atoms with van der Waals surface area (Å²) in [6, 6.07) is 1.24. The van der Waals surface area contributed by atoms with Crippen molar-refractivity contribution >= 4 is 11.6 Å². The quantitative estimate of drug-likeness (QED) is 0.808. The normalized spacial score (nSPS) is 15.0. The molecule has 0 saturated heterocycles. The molecule has 0 N–H and O–H groups in total. The lowest BCUT2D eigenvalue weighted by atomic mass is 10.1. The van der Waals surface area contributed by atoms with Crippen LogP contribution in [0.25, 0.3) is 5.65 Å². The Morgan fingerprint density at radius 3 is 2.90 bits per heavy atom. The molecule has 20 heavy (non-hydrogen) atoms. The van der Waals surface area contributed by atoms with Crippen molar-refractivity contribution in [2.75, 3.05) is 6.61 Å². The standard InChI is InChI=1S/C13H13F2N3O2/c1-2-20-13(19)8-6-16-10-5-9(12(14)15)17-18(10)11(8)7-3-4-7/h5-7,12H,2-4H2,1H3. The number of esters is 1. The van der Waals surface area contributed by atoms with Gasteiger partial charge in [0.1, 0.15) is 5.69 Å². The van der Waals surface area contributed by atoms with Crippen LogP contribution in [0.3, 0.4) is 0 Å². The number of hydrogen-bond donors (Lipinski definition) is 0. The molecule has 0 amide bonds. The molecule has 0 radical (unpaired) electrons. The number of halogens is 2. The molecule has 0 unspecified atom stereocenters. The van der Waals surface area contributed by atoms with E-state index in [1.165, 1.54) is 16.8 Å². The molecule has 0 aromatic carbocycles. The SMILES string of the molecule is CCOC(=O)c1cnc2cc(C(F)F)nn2c1C1CC1. The lowest BCUT2D eigenvalue weighted by Crippen LogP contribution is -2.13. The number of alkyl halides is 2. The Bertz CT molecular complexity index is 665. The molecule has 2 heterocycles. The maximum atomic E-state index is 12.7. The fourth-order valence-electron chi connectivity index (χ4n) is 2.19. The zero-order valence-electron chi connectivity index (χ0n) is 10.8. The third-order valence-corrected chi connectivity index (χ3v) is 3.22. The summed E-state index contributed by atoms with van der Waals surface area (Å²) in [4.78, 5) is 16.0. The Morgan fingerprint density at radius 2 is 2.30 bits per heavy atom. The van der Waals surface area contributed by atoms with E-state index in [1.54, 1.807) is 6.92 Å². The van der Waals surface area contributed by atoms with Gasteiger partial charge in [-0.05, 0) is 19.8 Å². The number of aromatic nitrogens is 3. The predicted molar refractivity (Wildman–Crippen MR) is 65.9 cm³/mol. The summed E-state index contributed by atoms with van der Waals surface area (Å²) in [6.07, 6.45) is 0.553. The number of rotatable bonds is 4. The molecule has 106 valence electrons. The molecule has 0 aliphatic heterocycles. The highest BCUT2D eigenvalue weighted by Crippen LogP contribution is 2.41. The van der Waals surface area contributed by atoms with Crippen LogP contribution in [0.1, 0.15) is 53.9 Å². The Kier molecular flexibility index (Phi) is 3.11. The number of nitrogens with zero attached hydrogens (tertiary/aromatic N) is 3. The number of carbonyl (C=O) groups is 1. The van der Waals surface area contributed by atoms with Crippen LogP contribution in [-0.4, -0.2) is 27.2 Å². The molecular weight excluding hydrogens is 268 g/mol. The van der Waals surface area contributed by atoms with Crippen LogP contribution in [0.15, 0.2) is 12.3 Å². The van der Waals surface area contributed by atoms with E-state index in [2.05, 4.69) is 10.1 Å². The average Bonchev–Trinajstić information content (AvgIpc) is 3.15. The molecule has 1 aliphatic rings. The Morgan fingerprint density at radius 1 is 1.55 bits per heavy atom. The molecule has 2 aromatic heterocycles. The van der Waals surface area contributed by atoms with Gasteiger partial charge in [-0.2, -0.15) is 5.10 Å². The second-order valence-electron chi connectivity index (χ2n) is 4.69. The van der Waals surface area contributed by atoms with E-state index in [-0.39, 0.29) is 18.2 Å². The molecule has 0 spiro atoms. The number of carbonyl (C=O) groups excluding carboxylic acids is 1. The third kappa shape index (κ3) is 2.13. The minimum absolute atomic E-state index is 0.158. The first-order valence-corrected chi connectivity index (χ1v) is 6.45. The Balaban J connectivity index is 2.16. The minimum atomic E-state index is -2.66. The van der Waals surface area contributed by atoms with Crippen LogP contribution in [0.2, 0.25) is 0 Å². The molecule has 7 heteroatoms. The first-order chi connectivity index (χ1) is 9.61. The van der Waals surface area contributed by atoms with Crippen molar-refractivity contribution in [2.45, 2.75) is 32.1 Å². The second kappa shape index (κ2) is 4.81. The predicted octanol–water partition coefficient (Wildman–Crippen LogP) is 2.72. The smallest absolute Gasteiger partial charge is 0.341 e. The van der Waals surface area contributed by atoms with Crippen molar-refractivity contribution in [1.29, 1.82) is 0 Å². The molecule has 1 fully saturated rings. The average molecular weight is 281 g/mol. The van der Waals surface area contributed by atoms with E-state index in [0.29, 0.717) is 16.9 Å². The van der Waals surface area contributed by atoms with E-state index in [4.69, 9.17) is 4.74 Å². The number of ether oxygens (including phenoxy) is 1. The van der Waals surface area contributed by atoms with Gasteiger partial charge in [0.2, 0.25) is 0 Å². The van der Waals surface area contributed by atoms with Crippen molar-refractivity contribution in [3.8, 4) is 0 Å². The third-order valence-electron chi connectivity index (χ3n) is 3.22. The van der Waals surface area contributed by atoms with Crippen molar-refractivity contribution in [3.05, 3.63) is 29.2 Å². The van der Waals surface area contributed by atoms with Gasteiger partial charge in [-0.25, -0.2) is 23.1 Å². The van der Waals surface area contributed by atoms with Gasteiger partial charge in [-0.1, -0.05) is 0 Å². The zero-order chi connectivity index (χ0) is 14.3. The van der Waals surface area contributed by atoms with E-state index in [0.717, 1.165) is 12.8 Å². The van der Waals surface area contributed by atoms with Crippen LogP contribution in [-0.2, 0) is 4.74 Å². The summed E-state index contributed by atoms with van der Waals surface area (Å²) in [5.74, 6) is -0.330. The highest BCUT2D eigenvalue weighted by molar-refractivity contribution is 5.91. The molecule has 5 nitrogen and oxygen atoms in total. The summed E-state index contributed by atoms with van der Waals surface area (Å²) in [7, 11) is 0. The Hall–Kier alpha value is -2.05. The highest BCUT2D eigenvalue weighted by Gasteiger charge is 2.32. The fraction of sp³-hybridized carbons (Fsp3) is 0.462. The van der Waals surface area contributed by atoms with Crippen molar-refractivity contribution in [1.82, 2.24) is 14.6 Å². The van der Waals surface area contributed by atoms with Gasteiger partial charge in [0.05, 0.1) is 17.9 Å². The lowest BCUT2D eigenvalue weighted by Gasteiger charge is -2.09. The summed E-state index contributed by atoms with van der Waals surface area (Å²) in [5, 5.41) is 3.87. The van der Waals surface area contributed by atoms with Crippen LogP contribution >= 0.6 is 0 Å². The van der Waals surface area contributed by atoms with Crippen LogP contribution < -0.4 is 0 Å². The molecule has 3 rings (SSSR count). The van der Waals surface area contributed by atoms with Gasteiger partial charge in [-0.15, -0.1) is 0 Å². The summed E-state index contributed by atoms with van der Waals surface area (Å²) < 4.78 is 31.8. The molecule has 1 saturated carbocycles. The summed E-state index contributed by atoms with van der Waals surface area (Å²) >= 11 is 0. The summed E-state index contributed by atoms with van der Waals surface area (Å²) in [5.41, 5.74) is 0.932. The minimum Gasteiger partial charge on any atom is -0.462 e. The van der Waals surface area contributed by atoms with E-state index in [9.17, 15) is 13.6 Å². The molecule has 0 bridgehead atoms. The zero-order valence-corrected chi connectivity index (χ0v) is 10.8. The lowest BCUT2D eigenvalue weighted by molar-refractivity contribution is 0.0523. The van der Waals surface area contributed by atoms with Crippen molar-refractivity contribution in [2.24, 2.45) is 0 Å². The second-order valence-corrected chi connectivity index (χ2v) is 4.69. The maximum Gasteiger partial charge on any atom is 0.341 e. The van der Waals surface area contributed by atoms with Crippen LogP contribution in [0.4, 0.5) is 8.78 Å². The summed E-state index contributed by atoms with van der Waals surface area (Å²) in [6.45, 7) is 1.96. The van der Waals surface area contributed by atoms with Gasteiger partial charge >= 0.3 is 5.97 Å². The largest absolute Gasteiger partial charge is 0.462 e. The van der Waals surface area contributed by atoms with E-state index >= 15 is 0 Å². The van der Waals surface area contributed by atoms with Crippen molar-refractivity contribution in [3.63, 3.8) is 0 Å². The number of hydrogen-bond acceptors (Lipinski definition) is 4. The molecule has 1 aliphatic carbocycles. The van der Waals surface area contributed by atoms with Gasteiger partial charge in [0.15, 0.2) is 5.65 Å². The topological polar surface area (TPSA) is 56.5 Å². The van der Waals surface area contributed by atoms with E-state index in [1.807, 2.05) is 0 Å². The van der Waals surface area contributed by atoms with Crippen LogP contribution in [0, 0.1) is 0 Å². The Labute approximate surface area is 113 Å². The fourth-order valence-corrected chi connectivity index (χ4v) is 2.19. The first kappa shape index (κ1) is 13.0. The monoisotopic (exact) mass is 281 g/mol. The van der Waals surface area contributed by atoms with Crippen molar-refractivity contribution < 1.29 is 18.3 Å². The van der Waals surface area contributed by atoms with Gasteiger partial charge in [0.25, 0.3) is 6.43 Å². The van der Waals surface area contributed by atoms with E-state index < -0.39 is 12.4 Å². The maximum absolute atomic E-state index is 12.7. The first-order valence-electron chi connectivity index (χ1n) is 6.45. The number of fused-ring (bicyclic) bond motifs is 1. The van der Waals surface area contributed by atoms with Gasteiger partial charge < -0.3 is 4.74 Å². The molecule has 0 atom stereocenters.